The molecule has 7 nitrogen and oxygen atoms in total. The number of carbonyl (C=O) groups is 2. The predicted octanol–water partition coefficient (Wildman–Crippen LogP) is 6.27. The Balaban J connectivity index is 1.42. The number of likely N-dealkylation sites (tertiary alicyclic amines) is 1. The van der Waals surface area contributed by atoms with E-state index in [1.54, 1.807) is 0 Å². The van der Waals surface area contributed by atoms with Crippen LogP contribution in [0.3, 0.4) is 0 Å². The Bertz CT molecular complexity index is 1380. The number of amides is 2. The SMILES string of the molecule is CC/C(=C\c1cc(C)c(O)c(C)c1)CC[C@@H](O)C1=C(COc2ccccc2)C[C@H]2C(=O)N(C3CCCCC3)C(=O)[C@H]2[C@H]1CO. The molecule has 2 amide bonds. The summed E-state index contributed by atoms with van der Waals surface area (Å²) in [5.74, 6) is -1.18. The third-order valence-corrected chi connectivity index (χ3v) is 9.95. The number of phenolic OH excluding ortho intramolecular Hbond substituents is 1. The number of imide groups is 1. The molecule has 1 saturated carbocycles. The fourth-order valence-corrected chi connectivity index (χ4v) is 7.64. The van der Waals surface area contributed by atoms with Crippen LogP contribution in [0.25, 0.3) is 6.08 Å². The van der Waals surface area contributed by atoms with Crippen molar-refractivity contribution in [3.05, 3.63) is 75.9 Å². The highest BCUT2D eigenvalue weighted by molar-refractivity contribution is 6.06. The number of nitrogens with zero attached hydrogens (tertiary/aromatic N) is 1. The lowest BCUT2D eigenvalue weighted by molar-refractivity contribution is -0.143. The Hall–Kier alpha value is -3.42. The molecular formula is C37H47NO6. The first-order valence-electron chi connectivity index (χ1n) is 16.3. The van der Waals surface area contributed by atoms with E-state index in [2.05, 4.69) is 13.0 Å². The van der Waals surface area contributed by atoms with E-state index in [9.17, 15) is 24.9 Å². The molecule has 1 heterocycles. The van der Waals surface area contributed by atoms with Gasteiger partial charge in [0.15, 0.2) is 0 Å². The van der Waals surface area contributed by atoms with Gasteiger partial charge in [-0.15, -0.1) is 0 Å². The summed E-state index contributed by atoms with van der Waals surface area (Å²) < 4.78 is 6.14. The zero-order valence-electron chi connectivity index (χ0n) is 26.3. The summed E-state index contributed by atoms with van der Waals surface area (Å²) in [7, 11) is 0. The first-order valence-corrected chi connectivity index (χ1v) is 16.3. The molecule has 0 bridgehead atoms. The van der Waals surface area contributed by atoms with Crippen LogP contribution in [0.1, 0.15) is 81.4 Å². The van der Waals surface area contributed by atoms with Crippen LogP contribution in [-0.4, -0.2) is 57.4 Å². The van der Waals surface area contributed by atoms with Gasteiger partial charge in [0.05, 0.1) is 24.5 Å². The molecule has 7 heteroatoms. The van der Waals surface area contributed by atoms with Crippen molar-refractivity contribution in [1.82, 2.24) is 4.90 Å². The fourth-order valence-electron chi connectivity index (χ4n) is 7.64. The molecule has 236 valence electrons. The van der Waals surface area contributed by atoms with Crippen molar-refractivity contribution in [2.45, 2.75) is 90.7 Å². The van der Waals surface area contributed by atoms with Crippen molar-refractivity contribution in [2.24, 2.45) is 17.8 Å². The van der Waals surface area contributed by atoms with Crippen LogP contribution in [0.4, 0.5) is 0 Å². The van der Waals surface area contributed by atoms with Crippen molar-refractivity contribution in [3.63, 3.8) is 0 Å². The normalized spacial score (nSPS) is 23.7. The molecule has 3 aliphatic rings. The number of allylic oxidation sites excluding steroid dienone is 1. The molecule has 4 atom stereocenters. The van der Waals surface area contributed by atoms with Crippen LogP contribution in [-0.2, 0) is 9.59 Å². The molecule has 2 aliphatic carbocycles. The Morgan fingerprint density at radius 1 is 1.05 bits per heavy atom. The minimum atomic E-state index is -0.896. The molecule has 2 aromatic rings. The van der Waals surface area contributed by atoms with E-state index >= 15 is 0 Å². The minimum Gasteiger partial charge on any atom is -0.507 e. The second-order valence-electron chi connectivity index (χ2n) is 12.8. The highest BCUT2D eigenvalue weighted by atomic mass is 16.5. The summed E-state index contributed by atoms with van der Waals surface area (Å²) in [5.41, 5.74) is 5.26. The lowest BCUT2D eigenvalue weighted by Gasteiger charge is -2.36. The maximum Gasteiger partial charge on any atom is 0.234 e. The van der Waals surface area contributed by atoms with Gasteiger partial charge in [-0.3, -0.25) is 14.5 Å². The molecule has 0 spiro atoms. The van der Waals surface area contributed by atoms with Gasteiger partial charge in [-0.1, -0.05) is 56.0 Å². The standard InChI is InChI=1S/C37H47NO6/c1-4-25(19-26-17-23(2)35(41)24(3)18-26)15-16-32(40)33-27(22-44-29-13-9-6-10-14-29)20-30-34(31(33)21-39)37(43)38(36(30)42)28-11-7-5-8-12-28/h6,9-10,13-14,17-19,28,30-32,34,39-41H,4-5,7-8,11-12,15-16,20-22H2,1-3H3/b25-19+/t30-,31+,32-,34-/m1/s1. The van der Waals surface area contributed by atoms with Gasteiger partial charge in [-0.25, -0.2) is 0 Å². The Morgan fingerprint density at radius 2 is 1.73 bits per heavy atom. The van der Waals surface area contributed by atoms with Crippen molar-refractivity contribution >= 4 is 17.9 Å². The Labute approximate surface area is 261 Å². The second-order valence-corrected chi connectivity index (χ2v) is 12.8. The number of aliphatic hydroxyl groups is 2. The summed E-state index contributed by atoms with van der Waals surface area (Å²) >= 11 is 0. The number of carbonyl (C=O) groups excluding carboxylic acids is 2. The van der Waals surface area contributed by atoms with Crippen molar-refractivity contribution < 1.29 is 29.6 Å². The van der Waals surface area contributed by atoms with Crippen molar-refractivity contribution in [3.8, 4) is 11.5 Å². The second kappa shape index (κ2) is 14.1. The number of para-hydroxylation sites is 1. The topological polar surface area (TPSA) is 107 Å². The fraction of sp³-hybridized carbons (Fsp3) is 0.514. The molecule has 0 aromatic heterocycles. The maximum atomic E-state index is 13.9. The first-order chi connectivity index (χ1) is 21.2. The minimum absolute atomic E-state index is 0.0736. The van der Waals surface area contributed by atoms with Gasteiger partial charge in [0.25, 0.3) is 0 Å². The molecule has 5 rings (SSSR count). The molecule has 1 aliphatic heterocycles. The van der Waals surface area contributed by atoms with Gasteiger partial charge >= 0.3 is 0 Å². The van der Waals surface area contributed by atoms with Gasteiger partial charge in [0.1, 0.15) is 18.1 Å². The smallest absolute Gasteiger partial charge is 0.234 e. The monoisotopic (exact) mass is 601 g/mol. The number of phenols is 1. The quantitative estimate of drug-likeness (QED) is 0.207. The summed E-state index contributed by atoms with van der Waals surface area (Å²) in [6.45, 7) is 5.72. The number of hydrogen-bond donors (Lipinski definition) is 3. The van der Waals surface area contributed by atoms with E-state index in [1.165, 1.54) is 4.90 Å². The summed E-state index contributed by atoms with van der Waals surface area (Å²) in [5, 5.41) is 32.7. The van der Waals surface area contributed by atoms with E-state index in [-0.39, 0.29) is 31.1 Å². The van der Waals surface area contributed by atoms with Crippen LogP contribution >= 0.6 is 0 Å². The van der Waals surface area contributed by atoms with E-state index in [0.717, 1.165) is 66.4 Å². The van der Waals surface area contributed by atoms with E-state index in [1.807, 2.05) is 56.3 Å². The van der Waals surface area contributed by atoms with Crippen LogP contribution in [0.2, 0.25) is 0 Å². The third-order valence-electron chi connectivity index (χ3n) is 9.95. The lowest BCUT2D eigenvalue weighted by atomic mass is 9.68. The third kappa shape index (κ3) is 6.64. The van der Waals surface area contributed by atoms with E-state index < -0.39 is 23.9 Å². The number of benzene rings is 2. The van der Waals surface area contributed by atoms with Crippen molar-refractivity contribution in [1.29, 1.82) is 0 Å². The first kappa shape index (κ1) is 32.0. The highest BCUT2D eigenvalue weighted by Gasteiger charge is 2.56. The molecular weight excluding hydrogens is 554 g/mol. The average Bonchev–Trinajstić information content (AvgIpc) is 3.29. The Kier molecular flexibility index (Phi) is 10.3. The molecule has 2 aromatic carbocycles. The largest absolute Gasteiger partial charge is 0.507 e. The number of aromatic hydroxyl groups is 1. The Morgan fingerprint density at radius 3 is 2.36 bits per heavy atom. The van der Waals surface area contributed by atoms with Crippen LogP contribution in [0, 0.1) is 31.6 Å². The van der Waals surface area contributed by atoms with E-state index in [4.69, 9.17) is 4.74 Å². The number of ether oxygens (including phenoxy) is 1. The van der Waals surface area contributed by atoms with Gasteiger partial charge < -0.3 is 20.1 Å². The predicted molar refractivity (Wildman–Crippen MR) is 171 cm³/mol. The number of rotatable bonds is 11. The molecule has 3 N–H and O–H groups in total. The summed E-state index contributed by atoms with van der Waals surface area (Å²) in [6.07, 6.45) is 8.21. The highest BCUT2D eigenvalue weighted by Crippen LogP contribution is 2.47. The summed E-state index contributed by atoms with van der Waals surface area (Å²) in [4.78, 5) is 29.2. The summed E-state index contributed by atoms with van der Waals surface area (Å²) in [6, 6.07) is 13.3. The van der Waals surface area contributed by atoms with Crippen LogP contribution < -0.4 is 4.74 Å². The zero-order valence-corrected chi connectivity index (χ0v) is 26.3. The molecule has 0 radical (unpaired) electrons. The number of hydrogen-bond acceptors (Lipinski definition) is 6. The maximum absolute atomic E-state index is 13.9. The lowest BCUT2D eigenvalue weighted by Crippen LogP contribution is -2.42. The number of fused-ring (bicyclic) bond motifs is 1. The van der Waals surface area contributed by atoms with Crippen molar-refractivity contribution in [2.75, 3.05) is 13.2 Å². The molecule has 1 saturated heterocycles. The molecule has 2 fully saturated rings. The van der Waals surface area contributed by atoms with Crippen LogP contribution in [0.15, 0.2) is 59.2 Å². The number of aliphatic hydroxyl groups excluding tert-OH is 2. The van der Waals surface area contributed by atoms with Gasteiger partial charge in [0, 0.05) is 12.0 Å². The van der Waals surface area contributed by atoms with Gasteiger partial charge in [-0.2, -0.15) is 0 Å². The van der Waals surface area contributed by atoms with Gasteiger partial charge in [-0.05, 0) is 104 Å². The molecule has 0 unspecified atom stereocenters. The van der Waals surface area contributed by atoms with Gasteiger partial charge in [0.2, 0.25) is 11.8 Å². The molecule has 44 heavy (non-hydrogen) atoms. The van der Waals surface area contributed by atoms with E-state index in [0.29, 0.717) is 36.3 Å². The van der Waals surface area contributed by atoms with Crippen LogP contribution in [0.5, 0.6) is 11.5 Å². The average molecular weight is 602 g/mol. The number of aryl methyl sites for hydroxylation is 2. The zero-order chi connectivity index (χ0) is 31.4.